The van der Waals surface area contributed by atoms with Crippen molar-refractivity contribution in [3.63, 3.8) is 0 Å². The van der Waals surface area contributed by atoms with Gasteiger partial charge in [-0.2, -0.15) is 0 Å². The molecule has 0 amide bonds. The Morgan fingerprint density at radius 3 is 2.64 bits per heavy atom. The first-order valence-corrected chi connectivity index (χ1v) is 7.43. The lowest BCUT2D eigenvalue weighted by molar-refractivity contribution is -0.156. The van der Waals surface area contributed by atoms with Gasteiger partial charge in [0.15, 0.2) is 0 Å². The molecule has 1 fully saturated rings. The van der Waals surface area contributed by atoms with Gasteiger partial charge in [0, 0.05) is 12.1 Å². The molecule has 2 rings (SSSR count). The van der Waals surface area contributed by atoms with E-state index in [2.05, 4.69) is 5.32 Å². The third-order valence-corrected chi connectivity index (χ3v) is 3.88. The van der Waals surface area contributed by atoms with Gasteiger partial charge >= 0.3 is 5.97 Å². The van der Waals surface area contributed by atoms with E-state index in [1.54, 1.807) is 31.2 Å². The average Bonchev–Trinajstić information content (AvgIpc) is 2.50. The quantitative estimate of drug-likeness (QED) is 0.846. The number of hydrogen-bond acceptors (Lipinski definition) is 4. The molecule has 0 spiro atoms. The highest BCUT2D eigenvalue weighted by Gasteiger charge is 2.50. The molecule has 2 atom stereocenters. The zero-order chi connectivity index (χ0) is 16.2. The van der Waals surface area contributed by atoms with E-state index in [9.17, 15) is 13.6 Å². The van der Waals surface area contributed by atoms with Crippen molar-refractivity contribution in [2.75, 3.05) is 19.0 Å². The summed E-state index contributed by atoms with van der Waals surface area (Å²) in [5.74, 6) is -3.71. The molecule has 0 saturated heterocycles. The Balaban J connectivity index is 2.18. The number of methoxy groups -OCH3 is 1. The van der Waals surface area contributed by atoms with Crippen molar-refractivity contribution in [2.45, 2.75) is 38.2 Å². The first-order valence-electron chi connectivity index (χ1n) is 7.43. The van der Waals surface area contributed by atoms with Gasteiger partial charge in [-0.1, -0.05) is 0 Å². The van der Waals surface area contributed by atoms with E-state index in [1.165, 1.54) is 7.11 Å². The fraction of sp³-hybridized carbons (Fsp3) is 0.562. The Morgan fingerprint density at radius 1 is 1.36 bits per heavy atom. The van der Waals surface area contributed by atoms with Crippen LogP contribution in [0.2, 0.25) is 0 Å². The molecule has 4 nitrogen and oxygen atoms in total. The minimum absolute atomic E-state index is 0.191. The Kier molecular flexibility index (Phi) is 5.21. The summed E-state index contributed by atoms with van der Waals surface area (Å²) in [5, 5.41) is 2.81. The van der Waals surface area contributed by atoms with Crippen LogP contribution < -0.4 is 10.1 Å². The zero-order valence-corrected chi connectivity index (χ0v) is 12.8. The Labute approximate surface area is 128 Å². The van der Waals surface area contributed by atoms with Crippen LogP contribution in [0.15, 0.2) is 24.3 Å². The van der Waals surface area contributed by atoms with Gasteiger partial charge in [0.05, 0.1) is 19.6 Å². The molecule has 1 aliphatic carbocycles. The number of carbonyl (C=O) groups is 1. The lowest BCUT2D eigenvalue weighted by atomic mass is 9.81. The van der Waals surface area contributed by atoms with E-state index < -0.39 is 23.9 Å². The fourth-order valence-corrected chi connectivity index (χ4v) is 2.75. The highest BCUT2D eigenvalue weighted by molar-refractivity contribution is 5.74. The molecule has 1 aromatic carbocycles. The minimum Gasteiger partial charge on any atom is -0.497 e. The second-order valence-corrected chi connectivity index (χ2v) is 5.36. The van der Waals surface area contributed by atoms with Gasteiger partial charge in [-0.15, -0.1) is 0 Å². The van der Waals surface area contributed by atoms with Crippen molar-refractivity contribution >= 4 is 11.7 Å². The van der Waals surface area contributed by atoms with Crippen LogP contribution in [0.5, 0.6) is 5.75 Å². The van der Waals surface area contributed by atoms with Crippen molar-refractivity contribution in [3.8, 4) is 5.75 Å². The van der Waals surface area contributed by atoms with Crippen LogP contribution in [0.4, 0.5) is 14.5 Å². The summed E-state index contributed by atoms with van der Waals surface area (Å²) < 4.78 is 38.5. The van der Waals surface area contributed by atoms with Crippen molar-refractivity contribution < 1.29 is 23.0 Å². The molecule has 1 saturated carbocycles. The number of carbonyl (C=O) groups excluding carboxylic acids is 1. The van der Waals surface area contributed by atoms with Crippen LogP contribution >= 0.6 is 0 Å². The Morgan fingerprint density at radius 2 is 2.05 bits per heavy atom. The molecule has 1 aromatic rings. The monoisotopic (exact) mass is 313 g/mol. The van der Waals surface area contributed by atoms with Crippen molar-refractivity contribution in [1.82, 2.24) is 0 Å². The maximum Gasteiger partial charge on any atom is 0.311 e. The van der Waals surface area contributed by atoms with Crippen LogP contribution in [0, 0.1) is 5.92 Å². The molecule has 0 aliphatic heterocycles. The Bertz CT molecular complexity index is 505. The maximum absolute atomic E-state index is 14.3. The standard InChI is InChI=1S/C16H21F2NO3/c1-3-22-15(20)13-5-4-10-16(17,18)14(13)19-11-6-8-12(21-2)9-7-11/h6-9,13-14,19H,3-5,10H2,1-2H3/t13-,14-/m1/s1. The molecule has 0 heterocycles. The van der Waals surface area contributed by atoms with Crippen LogP contribution in [0.3, 0.4) is 0 Å². The molecule has 0 unspecified atom stereocenters. The number of halogens is 2. The van der Waals surface area contributed by atoms with E-state index >= 15 is 0 Å². The predicted octanol–water partition coefficient (Wildman–Crippen LogP) is 3.47. The van der Waals surface area contributed by atoms with E-state index in [0.29, 0.717) is 24.3 Å². The summed E-state index contributed by atoms with van der Waals surface area (Å²) in [7, 11) is 1.54. The minimum atomic E-state index is -2.95. The summed E-state index contributed by atoms with van der Waals surface area (Å²) in [4.78, 5) is 12.0. The van der Waals surface area contributed by atoms with E-state index in [4.69, 9.17) is 9.47 Å². The summed E-state index contributed by atoms with van der Waals surface area (Å²) >= 11 is 0. The van der Waals surface area contributed by atoms with Gasteiger partial charge in [0.1, 0.15) is 11.8 Å². The molecule has 1 N–H and O–H groups in total. The molecule has 1 aliphatic rings. The number of esters is 1. The number of benzene rings is 1. The summed E-state index contributed by atoms with van der Waals surface area (Å²) in [6.45, 7) is 1.86. The Hall–Kier alpha value is -1.85. The highest BCUT2D eigenvalue weighted by Crippen LogP contribution is 2.39. The van der Waals surface area contributed by atoms with E-state index in [1.807, 2.05) is 0 Å². The number of rotatable bonds is 5. The van der Waals surface area contributed by atoms with Crippen molar-refractivity contribution in [2.24, 2.45) is 5.92 Å². The lowest BCUT2D eigenvalue weighted by Gasteiger charge is -2.37. The van der Waals surface area contributed by atoms with Gasteiger partial charge < -0.3 is 14.8 Å². The van der Waals surface area contributed by atoms with E-state index in [-0.39, 0.29) is 13.0 Å². The molecule has 0 radical (unpaired) electrons. The molecule has 122 valence electrons. The smallest absolute Gasteiger partial charge is 0.311 e. The lowest BCUT2D eigenvalue weighted by Crippen LogP contribution is -2.51. The highest BCUT2D eigenvalue weighted by atomic mass is 19.3. The summed E-state index contributed by atoms with van der Waals surface area (Å²) in [6.07, 6.45) is 0.496. The molecule has 0 bridgehead atoms. The van der Waals surface area contributed by atoms with Crippen molar-refractivity contribution in [1.29, 1.82) is 0 Å². The third kappa shape index (κ3) is 3.67. The average molecular weight is 313 g/mol. The first-order chi connectivity index (χ1) is 10.5. The molecule has 0 aromatic heterocycles. The number of alkyl halides is 2. The third-order valence-electron chi connectivity index (χ3n) is 3.88. The number of anilines is 1. The van der Waals surface area contributed by atoms with Gasteiger partial charge in [0.2, 0.25) is 0 Å². The van der Waals surface area contributed by atoms with Crippen LogP contribution in [-0.4, -0.2) is 31.7 Å². The molecule has 6 heteroatoms. The van der Waals surface area contributed by atoms with Crippen LogP contribution in [-0.2, 0) is 9.53 Å². The SMILES string of the molecule is CCOC(=O)[C@@H]1CCCC(F)(F)[C@@H]1Nc1ccc(OC)cc1. The summed E-state index contributed by atoms with van der Waals surface area (Å²) in [6, 6.07) is 5.43. The second kappa shape index (κ2) is 6.94. The molecule has 22 heavy (non-hydrogen) atoms. The normalized spacial score (nSPS) is 23.6. The topological polar surface area (TPSA) is 47.6 Å². The van der Waals surface area contributed by atoms with Gasteiger partial charge in [-0.25, -0.2) is 8.78 Å². The van der Waals surface area contributed by atoms with Gasteiger partial charge in [-0.3, -0.25) is 4.79 Å². The van der Waals surface area contributed by atoms with Gasteiger partial charge in [0.25, 0.3) is 5.92 Å². The van der Waals surface area contributed by atoms with Crippen molar-refractivity contribution in [3.05, 3.63) is 24.3 Å². The maximum atomic E-state index is 14.3. The molecular weight excluding hydrogens is 292 g/mol. The largest absolute Gasteiger partial charge is 0.497 e. The van der Waals surface area contributed by atoms with Crippen LogP contribution in [0.25, 0.3) is 0 Å². The zero-order valence-electron chi connectivity index (χ0n) is 12.8. The number of hydrogen-bond donors (Lipinski definition) is 1. The molecular formula is C16H21F2NO3. The summed E-state index contributed by atoms with van der Waals surface area (Å²) in [5.41, 5.74) is 0.529. The predicted molar refractivity (Wildman–Crippen MR) is 79.3 cm³/mol. The number of ether oxygens (including phenoxy) is 2. The van der Waals surface area contributed by atoms with Gasteiger partial charge in [-0.05, 0) is 44.0 Å². The van der Waals surface area contributed by atoms with E-state index in [0.717, 1.165) is 0 Å². The van der Waals surface area contributed by atoms with Crippen LogP contribution in [0.1, 0.15) is 26.2 Å². The number of nitrogens with one attached hydrogen (secondary N) is 1. The fourth-order valence-electron chi connectivity index (χ4n) is 2.75. The second-order valence-electron chi connectivity index (χ2n) is 5.36. The first kappa shape index (κ1) is 16.5.